The summed E-state index contributed by atoms with van der Waals surface area (Å²) in [7, 11) is -31.0. The molecule has 2 heterocycles. The third-order valence-electron chi connectivity index (χ3n) is 13.7. The first-order valence-electron chi connectivity index (χ1n) is 27.5. The van der Waals surface area contributed by atoms with Crippen molar-refractivity contribution in [1.29, 1.82) is 0 Å². The van der Waals surface area contributed by atoms with E-state index >= 15 is 0 Å². The summed E-state index contributed by atoms with van der Waals surface area (Å²) in [6.07, 6.45) is 2.36. The first-order valence-corrected chi connectivity index (χ1v) is 36.1. The molecule has 40 heteroatoms. The summed E-state index contributed by atoms with van der Waals surface area (Å²) in [6.45, 7) is 11.5. The van der Waals surface area contributed by atoms with Gasteiger partial charge >= 0.3 is 0 Å². The minimum atomic E-state index is -5.25. The zero-order chi connectivity index (χ0) is 68.3. The van der Waals surface area contributed by atoms with Crippen LogP contribution in [0.1, 0.15) is 64.5 Å². The van der Waals surface area contributed by atoms with E-state index in [0.29, 0.717) is 88.5 Å². The number of hydrogen-bond donors (Lipinski definition) is 10. The largest absolute Gasteiger partial charge is 0.370 e. The normalized spacial score (nSPS) is 12.6. The average molecular weight is 1400 g/mol. The smallest absolute Gasteiger partial charge is 0.295 e. The third kappa shape index (κ3) is 20.3. The van der Waals surface area contributed by atoms with Gasteiger partial charge in [-0.25, -0.2) is 0 Å². The van der Waals surface area contributed by atoms with Gasteiger partial charge in [0.25, 0.3) is 60.7 Å². The number of benzene rings is 4. The van der Waals surface area contributed by atoms with Gasteiger partial charge in [0.05, 0.1) is 9.79 Å². The van der Waals surface area contributed by atoms with Crippen LogP contribution in [-0.2, 0) is 70.3 Å². The molecule has 500 valence electrons. The summed E-state index contributed by atoms with van der Waals surface area (Å²) in [5.41, 5.74) is 8.55. The molecule has 2 amide bonds. The van der Waals surface area contributed by atoms with Crippen LogP contribution in [0.25, 0.3) is 34.9 Å². The van der Waals surface area contributed by atoms with Crippen LogP contribution in [0.3, 0.4) is 0 Å². The van der Waals surface area contributed by atoms with Crippen LogP contribution in [0.4, 0.5) is 35.2 Å². The number of carbonyl (C=O) groups excluding carboxylic acids is 2. The molecule has 0 bridgehead atoms. The van der Waals surface area contributed by atoms with Gasteiger partial charge in [-0.15, -0.1) is 0 Å². The van der Waals surface area contributed by atoms with Crippen molar-refractivity contribution in [1.82, 2.24) is 39.7 Å². The molecule has 4 aromatic carbocycles. The number of amides is 2. The van der Waals surface area contributed by atoms with Crippen molar-refractivity contribution in [2.45, 2.75) is 82.8 Å². The second kappa shape index (κ2) is 30.3. The van der Waals surface area contributed by atoms with Crippen LogP contribution in [-0.4, -0.2) is 195 Å². The van der Waals surface area contributed by atoms with Crippen molar-refractivity contribution in [3.05, 3.63) is 83.9 Å². The Labute approximate surface area is 530 Å². The summed E-state index contributed by atoms with van der Waals surface area (Å²) in [4.78, 5) is 52.0. The molecule has 0 fully saturated rings. The molecule has 34 nitrogen and oxygen atoms in total. The Morgan fingerprint density at radius 3 is 1.05 bits per heavy atom. The lowest BCUT2D eigenvalue weighted by atomic mass is 10.1. The van der Waals surface area contributed by atoms with E-state index in [1.54, 1.807) is 0 Å². The summed E-state index contributed by atoms with van der Waals surface area (Å²) in [6, 6.07) is 10.3. The quantitative estimate of drug-likeness (QED) is 0.0204. The van der Waals surface area contributed by atoms with Crippen LogP contribution >= 0.6 is 0 Å². The van der Waals surface area contributed by atoms with E-state index in [2.05, 4.69) is 50.3 Å². The molecule has 0 saturated heterocycles. The molecule has 0 spiro atoms. The van der Waals surface area contributed by atoms with Crippen LogP contribution in [0.2, 0.25) is 0 Å². The Hall–Kier alpha value is -7.84. The van der Waals surface area contributed by atoms with E-state index in [4.69, 9.17) is 11.5 Å². The van der Waals surface area contributed by atoms with Crippen molar-refractivity contribution in [3.8, 4) is 22.8 Å². The molecule has 0 unspecified atom stereocenters. The summed E-state index contributed by atoms with van der Waals surface area (Å²) in [5, 5.41) is 5.42. The molecule has 0 saturated carbocycles. The van der Waals surface area contributed by atoms with Gasteiger partial charge in [0.1, 0.15) is 19.6 Å². The molecule has 0 aliphatic heterocycles. The first-order chi connectivity index (χ1) is 42.8. The predicted octanol–water partition coefficient (Wildman–Crippen LogP) is 3.36. The van der Waals surface area contributed by atoms with Gasteiger partial charge in [0.15, 0.2) is 11.6 Å². The average Bonchev–Trinajstić information content (AvgIpc) is 0.793. The van der Waals surface area contributed by atoms with E-state index in [0.717, 1.165) is 36.4 Å². The lowest BCUT2D eigenvalue weighted by molar-refractivity contribution is -0.118. The zero-order valence-electron chi connectivity index (χ0n) is 49.5. The fourth-order valence-electron chi connectivity index (χ4n) is 9.05. The van der Waals surface area contributed by atoms with Crippen molar-refractivity contribution in [2.24, 2.45) is 11.5 Å². The second-order valence-corrected chi connectivity index (χ2v) is 28.4. The minimum absolute atomic E-state index is 0.121. The number of nitrogens with one attached hydrogen (secondary N) is 2. The van der Waals surface area contributed by atoms with Crippen molar-refractivity contribution < 1.29 is 87.4 Å². The highest BCUT2D eigenvalue weighted by molar-refractivity contribution is 7.87. The maximum absolute atomic E-state index is 13.1. The first kappa shape index (κ1) is 73.2. The molecule has 6 aromatic rings. The Morgan fingerprint density at radius 1 is 0.424 bits per heavy atom. The van der Waals surface area contributed by atoms with Gasteiger partial charge < -0.3 is 41.7 Å². The molecule has 6 rings (SSSR count). The maximum Gasteiger partial charge on any atom is 0.295 e. The highest BCUT2D eigenvalue weighted by Crippen LogP contribution is 2.34. The number of rotatable bonds is 34. The number of primary amides is 2. The lowest BCUT2D eigenvalue weighted by Gasteiger charge is -2.25. The van der Waals surface area contributed by atoms with E-state index in [-0.39, 0.29) is 73.4 Å². The van der Waals surface area contributed by atoms with Crippen molar-refractivity contribution >= 4 is 120 Å². The third-order valence-corrected chi connectivity index (χ3v) is 19.1. The van der Waals surface area contributed by atoms with Crippen LogP contribution in [0.15, 0.2) is 102 Å². The minimum Gasteiger partial charge on any atom is -0.370 e. The topological polar surface area (TPSA) is 527 Å². The van der Waals surface area contributed by atoms with E-state index in [1.165, 1.54) is 21.9 Å². The number of aromatic nitrogens is 6. The monoisotopic (exact) mass is 1400 g/mol. The molecule has 0 aliphatic rings. The molecular weight excluding hydrogens is 1330 g/mol. The fraction of sp³-hybridized carbons (Fsp3) is 0.346. The van der Waals surface area contributed by atoms with Gasteiger partial charge in [0, 0.05) is 61.5 Å². The van der Waals surface area contributed by atoms with Crippen LogP contribution in [0, 0.1) is 0 Å². The van der Waals surface area contributed by atoms with Gasteiger partial charge in [0.2, 0.25) is 35.6 Å². The summed E-state index contributed by atoms with van der Waals surface area (Å²) < 4.78 is 214. The van der Waals surface area contributed by atoms with Gasteiger partial charge in [-0.2, -0.15) is 80.4 Å². The van der Waals surface area contributed by atoms with Crippen molar-refractivity contribution in [2.75, 3.05) is 85.9 Å². The lowest BCUT2D eigenvalue weighted by Crippen LogP contribution is -2.33. The van der Waals surface area contributed by atoms with E-state index in [1.807, 2.05) is 27.7 Å². The number of nitrogens with zero attached hydrogens (tertiary/aromatic N) is 10. The molecule has 0 atom stereocenters. The Kier molecular flexibility index (Phi) is 24.1. The van der Waals surface area contributed by atoms with Gasteiger partial charge in [-0.1, -0.05) is 52.0 Å². The Bertz CT molecular complexity index is 4200. The van der Waals surface area contributed by atoms with Gasteiger partial charge in [-0.05, 0) is 124 Å². The molecular formula is C52H66N14O20S6. The maximum atomic E-state index is 13.1. The molecule has 2 aromatic heterocycles. The van der Waals surface area contributed by atoms with Gasteiger partial charge in [-0.3, -0.25) is 36.9 Å². The summed E-state index contributed by atoms with van der Waals surface area (Å²) in [5.74, 6) is -4.38. The second-order valence-electron chi connectivity index (χ2n) is 20.0. The number of anilines is 6. The predicted molar refractivity (Wildman–Crippen MR) is 335 cm³/mol. The SMILES string of the molecule is CCN(CC)CCCN(CCC(N)=O)c1nc(Nc2ccc(C=Cc3ccc(Nc4nc(-c5cc(S(=O)(=O)O)ccc5S(=O)(=O)O)nc(N(CCCN(CC)CC)CCC(N)=O)n4)cc3S(=O)(=O)O)c(S(=O)(=O)O)c2)nc(-c2cc(S(=O)(=O)O)ccc2S(=O)(=O)O)n1. The molecule has 0 radical (unpaired) electrons. The Morgan fingerprint density at radius 2 is 0.761 bits per heavy atom. The molecule has 0 aliphatic carbocycles. The highest BCUT2D eigenvalue weighted by atomic mass is 32.2. The standard InChI is InChI=1S/C52H66N14O20S6/c1-5-63(6-2)23-9-25-65(27-21-45(53)67)51-59-47(39-31-37(87(69,70)71)17-19-41(39)89(75,76)77)57-49(61-51)55-35-15-13-33(43(29-35)91(81,82)83)11-12-34-14-16-36(30-44(34)92(84,85)86)56-50-58-48(40-32-38(88(72,73)74)18-20-42(40)90(78,79)80)60-52(62-50)66(28-22-46(54)68)26-10-24-64(7-3)8-4/h11-20,29-32H,5-10,21-28H2,1-4H3,(H2,53,67)(H2,54,68)(H,69,70,71)(H,72,73,74)(H,75,76,77)(H,78,79,80)(H,81,82,83)(H,84,85,86)(H,55,57,59,61)(H,56,58,60,62). The molecule has 12 N–H and O–H groups in total. The van der Waals surface area contributed by atoms with E-state index < -0.39 is 137 Å². The Balaban J connectivity index is 1.46. The van der Waals surface area contributed by atoms with E-state index in [9.17, 15) is 87.4 Å². The molecule has 92 heavy (non-hydrogen) atoms. The number of hydrogen-bond acceptors (Lipinski definition) is 26. The number of nitrogens with two attached hydrogens (primary N) is 2. The highest BCUT2D eigenvalue weighted by Gasteiger charge is 2.28. The number of carbonyl (C=O) groups is 2. The fourth-order valence-corrected chi connectivity index (χ4v) is 12.8. The van der Waals surface area contributed by atoms with Crippen LogP contribution in [0.5, 0.6) is 0 Å². The summed E-state index contributed by atoms with van der Waals surface area (Å²) >= 11 is 0. The van der Waals surface area contributed by atoms with Crippen LogP contribution < -0.4 is 31.9 Å². The van der Waals surface area contributed by atoms with Crippen molar-refractivity contribution in [3.63, 3.8) is 0 Å². The zero-order valence-corrected chi connectivity index (χ0v) is 54.4.